The number of nitrogens with one attached hydrogen (secondary N) is 1. The maximum absolute atomic E-state index is 10.9. The zero-order chi connectivity index (χ0) is 10.6. The Morgan fingerprint density at radius 3 is 2.93 bits per heavy atom. The molecule has 1 amide bonds. The van der Waals surface area contributed by atoms with E-state index in [9.17, 15) is 4.79 Å². The van der Waals surface area contributed by atoms with Crippen molar-refractivity contribution in [2.45, 2.75) is 32.9 Å². The first-order valence-corrected chi connectivity index (χ1v) is 4.58. The maximum atomic E-state index is 10.9. The van der Waals surface area contributed by atoms with E-state index in [0.29, 0.717) is 13.0 Å². The van der Waals surface area contributed by atoms with E-state index in [1.54, 1.807) is 0 Å². The Labute approximate surface area is 82.6 Å². The Kier molecular flexibility index (Phi) is 3.64. The van der Waals surface area contributed by atoms with Gasteiger partial charge in [-0.3, -0.25) is 4.79 Å². The highest BCUT2D eigenvalue weighted by Gasteiger charge is 2.12. The molecule has 5 heteroatoms. The summed E-state index contributed by atoms with van der Waals surface area (Å²) in [4.78, 5) is 10.9. The van der Waals surface area contributed by atoms with Crippen molar-refractivity contribution >= 4 is 5.91 Å². The lowest BCUT2D eigenvalue weighted by atomic mass is 10.2. The van der Waals surface area contributed by atoms with Gasteiger partial charge in [0, 0.05) is 12.6 Å². The van der Waals surface area contributed by atoms with Crippen molar-refractivity contribution in [2.75, 3.05) is 0 Å². The standard InChI is InChI=1S/C9H15N3O2/c1-3-8(9(10)13)11-5-7-4-6(2)14-12-7/h4,8,11H,3,5H2,1-2H3,(H2,10,13). The average Bonchev–Trinajstić information content (AvgIpc) is 2.52. The molecule has 0 aliphatic rings. The van der Waals surface area contributed by atoms with Gasteiger partial charge in [0.05, 0.1) is 11.7 Å². The first-order chi connectivity index (χ1) is 6.63. The summed E-state index contributed by atoms with van der Waals surface area (Å²) < 4.78 is 4.88. The van der Waals surface area contributed by atoms with Gasteiger partial charge in [0.1, 0.15) is 5.76 Å². The van der Waals surface area contributed by atoms with E-state index in [0.717, 1.165) is 11.5 Å². The molecule has 0 saturated heterocycles. The van der Waals surface area contributed by atoms with Gasteiger partial charge in [0.15, 0.2) is 0 Å². The summed E-state index contributed by atoms with van der Waals surface area (Å²) >= 11 is 0. The van der Waals surface area contributed by atoms with Crippen molar-refractivity contribution in [1.29, 1.82) is 0 Å². The second-order valence-electron chi connectivity index (χ2n) is 3.17. The normalized spacial score (nSPS) is 12.7. The summed E-state index contributed by atoms with van der Waals surface area (Å²) in [7, 11) is 0. The number of hydrogen-bond donors (Lipinski definition) is 2. The number of hydrogen-bond acceptors (Lipinski definition) is 4. The summed E-state index contributed by atoms with van der Waals surface area (Å²) in [6, 6.07) is 1.52. The molecule has 0 aliphatic carbocycles. The van der Waals surface area contributed by atoms with Crippen molar-refractivity contribution in [3.63, 3.8) is 0 Å². The second-order valence-corrected chi connectivity index (χ2v) is 3.17. The van der Waals surface area contributed by atoms with Crippen LogP contribution in [0.5, 0.6) is 0 Å². The Bertz CT molecular complexity index is 309. The van der Waals surface area contributed by atoms with Crippen molar-refractivity contribution < 1.29 is 9.32 Å². The van der Waals surface area contributed by atoms with Gasteiger partial charge in [-0.15, -0.1) is 0 Å². The predicted octanol–water partition coefficient (Wildman–Crippen LogP) is 0.337. The zero-order valence-corrected chi connectivity index (χ0v) is 8.41. The second kappa shape index (κ2) is 4.76. The molecular formula is C9H15N3O2. The molecule has 78 valence electrons. The molecule has 0 aromatic carbocycles. The number of amides is 1. The highest BCUT2D eigenvalue weighted by Crippen LogP contribution is 2.01. The Balaban J connectivity index is 2.43. The largest absolute Gasteiger partial charge is 0.368 e. The van der Waals surface area contributed by atoms with Crippen LogP contribution in [0.15, 0.2) is 10.6 Å². The highest BCUT2D eigenvalue weighted by atomic mass is 16.5. The number of nitrogens with two attached hydrogens (primary N) is 1. The van der Waals surface area contributed by atoms with Gasteiger partial charge in [-0.1, -0.05) is 12.1 Å². The summed E-state index contributed by atoms with van der Waals surface area (Å²) in [5.41, 5.74) is 5.95. The Morgan fingerprint density at radius 1 is 1.79 bits per heavy atom. The number of primary amides is 1. The number of carbonyl (C=O) groups excluding carboxylic acids is 1. The smallest absolute Gasteiger partial charge is 0.234 e. The van der Waals surface area contributed by atoms with Crippen LogP contribution >= 0.6 is 0 Å². The number of rotatable bonds is 5. The molecule has 0 fully saturated rings. The predicted molar refractivity (Wildman–Crippen MR) is 51.4 cm³/mol. The molecule has 0 radical (unpaired) electrons. The molecule has 0 bridgehead atoms. The quantitative estimate of drug-likeness (QED) is 0.713. The third kappa shape index (κ3) is 2.85. The van der Waals surface area contributed by atoms with Crippen LogP contribution in [0, 0.1) is 6.92 Å². The molecule has 14 heavy (non-hydrogen) atoms. The van der Waals surface area contributed by atoms with Crippen LogP contribution in [-0.4, -0.2) is 17.1 Å². The fraction of sp³-hybridized carbons (Fsp3) is 0.556. The van der Waals surface area contributed by atoms with Gasteiger partial charge in [0.25, 0.3) is 0 Å². The van der Waals surface area contributed by atoms with Crippen LogP contribution in [0.25, 0.3) is 0 Å². The summed E-state index contributed by atoms with van der Waals surface area (Å²) in [5.74, 6) is 0.418. The molecule has 1 aromatic heterocycles. The molecule has 5 nitrogen and oxygen atoms in total. The van der Waals surface area contributed by atoms with E-state index in [1.165, 1.54) is 0 Å². The molecular weight excluding hydrogens is 182 g/mol. The minimum atomic E-state index is -0.340. The van der Waals surface area contributed by atoms with Gasteiger partial charge >= 0.3 is 0 Å². The van der Waals surface area contributed by atoms with E-state index >= 15 is 0 Å². The lowest BCUT2D eigenvalue weighted by molar-refractivity contribution is -0.120. The SMILES string of the molecule is CCC(NCc1cc(C)on1)C(N)=O. The summed E-state index contributed by atoms with van der Waals surface area (Å²) in [6.45, 7) is 4.22. The van der Waals surface area contributed by atoms with E-state index in [2.05, 4.69) is 10.5 Å². The topological polar surface area (TPSA) is 81.2 Å². The van der Waals surface area contributed by atoms with Gasteiger partial charge in [0.2, 0.25) is 5.91 Å². The van der Waals surface area contributed by atoms with Crippen molar-refractivity contribution in [1.82, 2.24) is 10.5 Å². The monoisotopic (exact) mass is 197 g/mol. The van der Waals surface area contributed by atoms with E-state index in [1.807, 2.05) is 19.9 Å². The van der Waals surface area contributed by atoms with Crippen LogP contribution in [0.2, 0.25) is 0 Å². The number of nitrogens with zero attached hydrogens (tertiary/aromatic N) is 1. The molecule has 1 aromatic rings. The Hall–Kier alpha value is -1.36. The van der Waals surface area contributed by atoms with Gasteiger partial charge in [-0.25, -0.2) is 0 Å². The lowest BCUT2D eigenvalue weighted by Crippen LogP contribution is -2.40. The van der Waals surface area contributed by atoms with Crippen LogP contribution < -0.4 is 11.1 Å². The lowest BCUT2D eigenvalue weighted by Gasteiger charge is -2.10. The van der Waals surface area contributed by atoms with Crippen LogP contribution in [-0.2, 0) is 11.3 Å². The van der Waals surface area contributed by atoms with E-state index in [4.69, 9.17) is 10.3 Å². The molecule has 0 aliphatic heterocycles. The zero-order valence-electron chi connectivity index (χ0n) is 8.41. The van der Waals surface area contributed by atoms with Gasteiger partial charge in [-0.2, -0.15) is 0 Å². The minimum Gasteiger partial charge on any atom is -0.368 e. The number of carbonyl (C=O) groups is 1. The molecule has 3 N–H and O–H groups in total. The first kappa shape index (κ1) is 10.7. The number of aryl methyl sites for hydroxylation is 1. The van der Waals surface area contributed by atoms with E-state index < -0.39 is 0 Å². The molecule has 1 rings (SSSR count). The van der Waals surface area contributed by atoms with E-state index in [-0.39, 0.29) is 11.9 Å². The molecule has 0 saturated carbocycles. The molecule has 0 spiro atoms. The first-order valence-electron chi connectivity index (χ1n) is 4.58. The maximum Gasteiger partial charge on any atom is 0.234 e. The van der Waals surface area contributed by atoms with Crippen LogP contribution in [0.1, 0.15) is 24.8 Å². The van der Waals surface area contributed by atoms with Crippen LogP contribution in [0.3, 0.4) is 0 Å². The van der Waals surface area contributed by atoms with Crippen molar-refractivity contribution in [2.24, 2.45) is 5.73 Å². The third-order valence-electron chi connectivity index (χ3n) is 1.96. The van der Waals surface area contributed by atoms with Crippen molar-refractivity contribution in [3.8, 4) is 0 Å². The molecule has 1 unspecified atom stereocenters. The third-order valence-corrected chi connectivity index (χ3v) is 1.96. The molecule has 1 atom stereocenters. The summed E-state index contributed by atoms with van der Waals surface area (Å²) in [6.07, 6.45) is 0.673. The fourth-order valence-corrected chi connectivity index (χ4v) is 1.18. The molecule has 1 heterocycles. The highest BCUT2D eigenvalue weighted by molar-refractivity contribution is 5.79. The van der Waals surface area contributed by atoms with Gasteiger partial charge < -0.3 is 15.6 Å². The minimum absolute atomic E-state index is 0.299. The summed E-state index contributed by atoms with van der Waals surface area (Å²) in [5, 5.41) is 6.79. The Morgan fingerprint density at radius 2 is 2.50 bits per heavy atom. The van der Waals surface area contributed by atoms with Crippen LogP contribution in [0.4, 0.5) is 0 Å². The average molecular weight is 197 g/mol. The van der Waals surface area contributed by atoms with Gasteiger partial charge in [-0.05, 0) is 13.3 Å². The van der Waals surface area contributed by atoms with Crippen molar-refractivity contribution in [3.05, 3.63) is 17.5 Å². The number of aromatic nitrogens is 1. The fourth-order valence-electron chi connectivity index (χ4n) is 1.18.